The van der Waals surface area contributed by atoms with Gasteiger partial charge in [-0.25, -0.2) is 0 Å². The molecule has 1 atom stereocenters. The van der Waals surface area contributed by atoms with Crippen molar-refractivity contribution in [2.24, 2.45) is 0 Å². The zero-order valence-electron chi connectivity index (χ0n) is 17.1. The van der Waals surface area contributed by atoms with Crippen LogP contribution < -0.4 is 9.86 Å². The minimum atomic E-state index is -3.72. The van der Waals surface area contributed by atoms with Crippen LogP contribution >= 0.6 is 11.3 Å². The van der Waals surface area contributed by atoms with E-state index < -0.39 is 28.6 Å². The molecule has 0 aliphatic heterocycles. The zero-order chi connectivity index (χ0) is 22.2. The molecule has 1 N–H and O–H groups in total. The van der Waals surface area contributed by atoms with Crippen LogP contribution in [0.5, 0.6) is 0 Å². The van der Waals surface area contributed by atoms with E-state index in [-0.39, 0.29) is 15.6 Å². The number of amides is 1. The van der Waals surface area contributed by atoms with Gasteiger partial charge in [-0.1, -0.05) is 0 Å². The van der Waals surface area contributed by atoms with Crippen molar-refractivity contribution in [1.82, 2.24) is 5.16 Å². The number of nitrogens with zero attached hydrogens (tertiary/aromatic N) is 1. The molecule has 1 amide bonds. The molecule has 0 spiro atoms. The van der Waals surface area contributed by atoms with Gasteiger partial charge >= 0.3 is 185 Å². The third-order valence-electron chi connectivity index (χ3n) is 4.61. The van der Waals surface area contributed by atoms with Crippen molar-refractivity contribution < 1.29 is 22.5 Å². The molecule has 158 valence electrons. The van der Waals surface area contributed by atoms with Crippen LogP contribution in [-0.4, -0.2) is 39.9 Å². The van der Waals surface area contributed by atoms with Gasteiger partial charge in [0.15, 0.2) is 0 Å². The van der Waals surface area contributed by atoms with Crippen LogP contribution in [0.1, 0.15) is 49.3 Å². The number of rotatable bonds is 6. The summed E-state index contributed by atoms with van der Waals surface area (Å²) in [7, 11) is -3.72. The van der Waals surface area contributed by atoms with Crippen LogP contribution in [0.15, 0.2) is 33.0 Å². The SMILES string of the molecule is CC(=O)c1cc(C)cc(C)c1NC(=O)c1sccc1S(=O)(=O)[AsH]c1onc(C)c1C. The molecule has 0 aliphatic carbocycles. The maximum atomic E-state index is 13.0. The average Bonchev–Trinajstić information content (AvgIpc) is 3.26. The summed E-state index contributed by atoms with van der Waals surface area (Å²) in [5.74, 6) is -0.742. The Bertz CT molecular complexity index is 1260. The van der Waals surface area contributed by atoms with Gasteiger partial charge in [-0.05, 0) is 0 Å². The predicted molar refractivity (Wildman–Crippen MR) is 118 cm³/mol. The van der Waals surface area contributed by atoms with Crippen LogP contribution in [-0.2, 0) is 8.10 Å². The summed E-state index contributed by atoms with van der Waals surface area (Å²) >= 11 is -0.707. The van der Waals surface area contributed by atoms with Crippen LogP contribution in [0, 0.1) is 27.7 Å². The van der Waals surface area contributed by atoms with Gasteiger partial charge < -0.3 is 0 Å². The van der Waals surface area contributed by atoms with Gasteiger partial charge in [0, 0.05) is 0 Å². The number of carbonyl (C=O) groups is 2. The summed E-state index contributed by atoms with van der Waals surface area (Å²) in [6.45, 7) is 8.61. The fraction of sp³-hybridized carbons (Fsp3) is 0.250. The Balaban J connectivity index is 1.95. The van der Waals surface area contributed by atoms with Gasteiger partial charge in [-0.3, -0.25) is 0 Å². The summed E-state index contributed by atoms with van der Waals surface area (Å²) in [5.41, 5.74) is 3.80. The van der Waals surface area contributed by atoms with Crippen LogP contribution in [0.2, 0.25) is 0 Å². The first-order valence-corrected chi connectivity index (χ1v) is 15.0. The van der Waals surface area contributed by atoms with Crippen LogP contribution in [0.3, 0.4) is 0 Å². The molecule has 1 aromatic carbocycles. The van der Waals surface area contributed by atoms with Crippen LogP contribution in [0.4, 0.5) is 5.69 Å². The molecule has 7 nitrogen and oxygen atoms in total. The van der Waals surface area contributed by atoms with Gasteiger partial charge in [-0.15, -0.1) is 0 Å². The molecule has 0 saturated carbocycles. The molecule has 0 saturated heterocycles. The van der Waals surface area contributed by atoms with E-state index in [9.17, 15) is 18.0 Å². The number of ketones is 1. The number of aromatic nitrogens is 1. The van der Waals surface area contributed by atoms with Crippen molar-refractivity contribution in [3.8, 4) is 0 Å². The van der Waals surface area contributed by atoms with Crippen molar-refractivity contribution in [3.05, 3.63) is 56.4 Å². The summed E-state index contributed by atoms with van der Waals surface area (Å²) in [5, 5.41) is 8.14. The van der Waals surface area contributed by atoms with Gasteiger partial charge in [0.25, 0.3) is 0 Å². The van der Waals surface area contributed by atoms with Gasteiger partial charge in [0.2, 0.25) is 0 Å². The van der Waals surface area contributed by atoms with Crippen molar-refractivity contribution >= 4 is 56.0 Å². The molecule has 3 rings (SSSR count). The third kappa shape index (κ3) is 4.43. The number of Topliss-reactive ketones (excluding diaryl/α,β-unsaturated/α-hetero) is 1. The quantitative estimate of drug-likeness (QED) is 0.406. The molecule has 3 aromatic rings. The Labute approximate surface area is 184 Å². The molecule has 1 unspecified atom stereocenters. The number of benzene rings is 1. The predicted octanol–water partition coefficient (Wildman–Crippen LogP) is 2.88. The molecule has 0 bridgehead atoms. The molecule has 10 heteroatoms. The first kappa shape index (κ1) is 22.5. The van der Waals surface area contributed by atoms with Crippen molar-refractivity contribution in [2.45, 2.75) is 39.5 Å². The topological polar surface area (TPSA) is 106 Å². The molecule has 30 heavy (non-hydrogen) atoms. The number of anilines is 1. The normalized spacial score (nSPS) is 11.9. The Morgan fingerprint density at radius 3 is 2.47 bits per heavy atom. The van der Waals surface area contributed by atoms with E-state index in [1.54, 1.807) is 32.2 Å². The van der Waals surface area contributed by atoms with E-state index in [0.29, 0.717) is 21.5 Å². The molecule has 0 aliphatic rings. The number of hydrogen-bond donors (Lipinski definition) is 1. The Morgan fingerprint density at radius 2 is 1.87 bits per heavy atom. The minimum absolute atomic E-state index is 0.0207. The fourth-order valence-electron chi connectivity index (χ4n) is 2.94. The second kappa shape index (κ2) is 8.49. The number of carbonyl (C=O) groups excluding carboxylic acids is 2. The van der Waals surface area contributed by atoms with E-state index in [1.165, 1.54) is 13.0 Å². The van der Waals surface area contributed by atoms with Crippen molar-refractivity contribution in [1.29, 1.82) is 0 Å². The Morgan fingerprint density at radius 1 is 1.17 bits per heavy atom. The van der Waals surface area contributed by atoms with E-state index >= 15 is 0 Å². The van der Waals surface area contributed by atoms with E-state index in [1.807, 2.05) is 13.0 Å². The van der Waals surface area contributed by atoms with Crippen molar-refractivity contribution in [2.75, 3.05) is 5.32 Å². The average molecular weight is 508 g/mol. The standard InChI is InChI=1S/C20H21AsN2O5S2/c1-10-8-11(2)17(15(9-10)14(5)24)22-20(25)18-16(6-7-29-18)30(26,27)21-19-12(3)13(4)23-28-19/h6-9,21H,1-5H3,(H,22,25). The summed E-state index contributed by atoms with van der Waals surface area (Å²) in [6.07, 6.45) is 0. The number of nitrogens with one attached hydrogen (secondary N) is 1. The maximum absolute atomic E-state index is 13.0. The van der Waals surface area contributed by atoms with E-state index in [0.717, 1.165) is 28.0 Å². The number of aryl methyl sites for hydroxylation is 3. The molecular formula is C20H21AsN2O5S2. The van der Waals surface area contributed by atoms with Crippen LogP contribution in [0.25, 0.3) is 0 Å². The monoisotopic (exact) mass is 508 g/mol. The molecule has 2 aromatic heterocycles. The number of thiophene rings is 1. The van der Waals surface area contributed by atoms with E-state index in [2.05, 4.69) is 10.5 Å². The fourth-order valence-corrected chi connectivity index (χ4v) is 10.8. The summed E-state index contributed by atoms with van der Waals surface area (Å²) in [6, 6.07) is 5.00. The number of hydrogen-bond acceptors (Lipinski definition) is 7. The van der Waals surface area contributed by atoms with E-state index in [4.69, 9.17) is 4.52 Å². The van der Waals surface area contributed by atoms with Gasteiger partial charge in [0.1, 0.15) is 0 Å². The molecule has 0 radical (unpaired) electrons. The second-order valence-electron chi connectivity index (χ2n) is 6.96. The van der Waals surface area contributed by atoms with Gasteiger partial charge in [-0.2, -0.15) is 0 Å². The Hall–Kier alpha value is -2.22. The third-order valence-corrected chi connectivity index (χ3v) is 12.2. The van der Waals surface area contributed by atoms with Gasteiger partial charge in [0.05, 0.1) is 0 Å². The Kier molecular flexibility index (Phi) is 6.36. The summed E-state index contributed by atoms with van der Waals surface area (Å²) in [4.78, 5) is 25.1. The second-order valence-corrected chi connectivity index (χ2v) is 15.1. The molecule has 2 heterocycles. The zero-order valence-corrected chi connectivity index (χ0v) is 20.8. The first-order valence-electron chi connectivity index (χ1n) is 8.98. The molecule has 0 fully saturated rings. The summed E-state index contributed by atoms with van der Waals surface area (Å²) < 4.78 is 31.6. The first-order chi connectivity index (χ1) is 14.0. The van der Waals surface area contributed by atoms with Crippen molar-refractivity contribution in [3.63, 3.8) is 0 Å². The molecular weight excluding hydrogens is 487 g/mol.